The molecule has 8 heteroatoms. The molecule has 0 atom stereocenters. The van der Waals surface area contributed by atoms with Crippen LogP contribution in [0.4, 0.5) is 21.7 Å². The number of primary amides is 1. The van der Waals surface area contributed by atoms with Crippen molar-refractivity contribution in [2.75, 3.05) is 11.1 Å². The molecule has 0 aliphatic rings. The molecule has 110 valence electrons. The van der Waals surface area contributed by atoms with E-state index in [0.29, 0.717) is 11.5 Å². The molecule has 0 aromatic carbocycles. The lowest BCUT2D eigenvalue weighted by Gasteiger charge is -2.12. The molecule has 0 saturated heterocycles. The summed E-state index contributed by atoms with van der Waals surface area (Å²) in [6.45, 7) is 3.66. The number of nitrogens with one attached hydrogen (secondary N) is 1. The van der Waals surface area contributed by atoms with Crippen molar-refractivity contribution in [3.63, 3.8) is 0 Å². The highest BCUT2D eigenvalue weighted by Gasteiger charge is 2.14. The number of hydrogen-bond donors (Lipinski definition) is 3. The van der Waals surface area contributed by atoms with Gasteiger partial charge in [-0.2, -0.15) is 0 Å². The number of hydrogen-bond acceptors (Lipinski definition) is 6. The minimum atomic E-state index is -0.754. The Labute approximate surface area is 120 Å². The number of carbonyl (C=O) groups is 1. The molecule has 0 aliphatic carbocycles. The quantitative estimate of drug-likeness (QED) is 0.786. The maximum atomic E-state index is 13.6. The predicted molar refractivity (Wildman–Crippen MR) is 76.5 cm³/mol. The molecule has 7 nitrogen and oxygen atoms in total. The van der Waals surface area contributed by atoms with Crippen LogP contribution >= 0.6 is 0 Å². The summed E-state index contributed by atoms with van der Waals surface area (Å²) in [5.74, 6) is -0.749. The van der Waals surface area contributed by atoms with Gasteiger partial charge in [0.25, 0.3) is 5.91 Å². The Bertz CT molecular complexity index is 688. The molecule has 0 spiro atoms. The van der Waals surface area contributed by atoms with E-state index in [9.17, 15) is 9.18 Å². The maximum absolute atomic E-state index is 13.6. The summed E-state index contributed by atoms with van der Waals surface area (Å²) >= 11 is 0. The average Bonchev–Trinajstić information content (AvgIpc) is 2.40. The van der Waals surface area contributed by atoms with Crippen molar-refractivity contribution < 1.29 is 9.18 Å². The fourth-order valence-electron chi connectivity index (χ4n) is 1.75. The summed E-state index contributed by atoms with van der Waals surface area (Å²) < 4.78 is 13.6. The number of carbonyl (C=O) groups excluding carboxylic acids is 1. The van der Waals surface area contributed by atoms with Crippen molar-refractivity contribution in [2.45, 2.75) is 19.8 Å². The van der Waals surface area contributed by atoms with Gasteiger partial charge in [-0.05, 0) is 18.1 Å². The number of halogens is 1. The van der Waals surface area contributed by atoms with Crippen LogP contribution in [0.15, 0.2) is 18.2 Å². The van der Waals surface area contributed by atoms with Gasteiger partial charge >= 0.3 is 0 Å². The van der Waals surface area contributed by atoms with E-state index in [1.807, 2.05) is 13.8 Å². The van der Waals surface area contributed by atoms with E-state index < -0.39 is 11.7 Å². The molecule has 21 heavy (non-hydrogen) atoms. The van der Waals surface area contributed by atoms with Gasteiger partial charge in [0.05, 0.1) is 11.4 Å². The minimum absolute atomic E-state index is 0.0681. The van der Waals surface area contributed by atoms with Crippen molar-refractivity contribution >= 4 is 23.2 Å². The molecule has 2 aromatic rings. The second-order valence-corrected chi connectivity index (χ2v) is 4.74. The van der Waals surface area contributed by atoms with Crippen LogP contribution in [0.2, 0.25) is 0 Å². The summed E-state index contributed by atoms with van der Waals surface area (Å²) in [5.41, 5.74) is 11.3. The van der Waals surface area contributed by atoms with Crippen LogP contribution in [-0.2, 0) is 0 Å². The Morgan fingerprint density at radius 2 is 2.05 bits per heavy atom. The predicted octanol–water partition coefficient (Wildman–Crippen LogP) is 1.56. The van der Waals surface area contributed by atoms with E-state index in [1.165, 1.54) is 18.2 Å². The van der Waals surface area contributed by atoms with Gasteiger partial charge in [0.15, 0.2) is 5.69 Å². The summed E-state index contributed by atoms with van der Waals surface area (Å²) in [7, 11) is 0. The Balaban J connectivity index is 2.40. The monoisotopic (exact) mass is 290 g/mol. The lowest BCUT2D eigenvalue weighted by Crippen LogP contribution is -2.17. The van der Waals surface area contributed by atoms with Crippen molar-refractivity contribution in [1.29, 1.82) is 0 Å². The highest BCUT2D eigenvalue weighted by atomic mass is 19.1. The van der Waals surface area contributed by atoms with E-state index in [0.717, 1.165) is 0 Å². The van der Waals surface area contributed by atoms with Crippen LogP contribution in [0.1, 0.15) is 35.9 Å². The van der Waals surface area contributed by atoms with Gasteiger partial charge in [-0.15, -0.1) is 10.2 Å². The van der Waals surface area contributed by atoms with Crippen LogP contribution < -0.4 is 16.8 Å². The van der Waals surface area contributed by atoms with E-state index in [2.05, 4.69) is 20.5 Å². The summed E-state index contributed by atoms with van der Waals surface area (Å²) in [6, 6.07) is 4.16. The molecule has 2 heterocycles. The first-order chi connectivity index (χ1) is 9.88. The van der Waals surface area contributed by atoms with Crippen molar-refractivity contribution in [3.05, 3.63) is 35.4 Å². The first-order valence-electron chi connectivity index (χ1n) is 6.25. The number of anilines is 3. The molecule has 1 amide bonds. The number of amides is 1. The largest absolute Gasteiger partial charge is 0.382 e. The Hall–Kier alpha value is -2.77. The first kappa shape index (κ1) is 14.6. The SMILES string of the molecule is CC(C)c1nc(Nc2cc(N)nnc2C(N)=O)ccc1F. The molecule has 0 fully saturated rings. The Morgan fingerprint density at radius 3 is 2.67 bits per heavy atom. The normalized spacial score (nSPS) is 10.7. The molecular weight excluding hydrogens is 275 g/mol. The smallest absolute Gasteiger partial charge is 0.271 e. The molecule has 2 aromatic heterocycles. The molecule has 0 saturated carbocycles. The first-order valence-corrected chi connectivity index (χ1v) is 6.25. The fraction of sp³-hybridized carbons (Fsp3) is 0.231. The number of nitrogen functional groups attached to an aromatic ring is 1. The van der Waals surface area contributed by atoms with Crippen LogP contribution in [-0.4, -0.2) is 21.1 Å². The molecule has 0 bridgehead atoms. The van der Waals surface area contributed by atoms with Gasteiger partial charge < -0.3 is 16.8 Å². The molecule has 2 rings (SSSR count). The number of rotatable bonds is 4. The van der Waals surface area contributed by atoms with E-state index >= 15 is 0 Å². The van der Waals surface area contributed by atoms with Crippen molar-refractivity contribution in [2.24, 2.45) is 5.73 Å². The molecule has 0 unspecified atom stereocenters. The third-order valence-electron chi connectivity index (χ3n) is 2.73. The number of nitrogens with two attached hydrogens (primary N) is 2. The number of nitrogens with zero attached hydrogens (tertiary/aromatic N) is 3. The third kappa shape index (κ3) is 3.22. The lowest BCUT2D eigenvalue weighted by atomic mass is 10.1. The lowest BCUT2D eigenvalue weighted by molar-refractivity contribution is 0.0995. The van der Waals surface area contributed by atoms with Gasteiger partial charge in [0.1, 0.15) is 17.5 Å². The zero-order chi connectivity index (χ0) is 15.6. The topological polar surface area (TPSA) is 120 Å². The van der Waals surface area contributed by atoms with Crippen LogP contribution in [0.25, 0.3) is 0 Å². The molecular formula is C13H15FN6O. The molecule has 0 radical (unpaired) electrons. The third-order valence-corrected chi connectivity index (χ3v) is 2.73. The Morgan fingerprint density at radius 1 is 1.33 bits per heavy atom. The minimum Gasteiger partial charge on any atom is -0.382 e. The average molecular weight is 290 g/mol. The summed E-state index contributed by atoms with van der Waals surface area (Å²) in [5, 5.41) is 10.1. The van der Waals surface area contributed by atoms with Gasteiger partial charge in [0.2, 0.25) is 0 Å². The van der Waals surface area contributed by atoms with Gasteiger partial charge in [-0.25, -0.2) is 9.37 Å². The highest BCUT2D eigenvalue weighted by Crippen LogP contribution is 2.22. The van der Waals surface area contributed by atoms with Gasteiger partial charge in [-0.3, -0.25) is 4.79 Å². The summed E-state index contributed by atoms with van der Waals surface area (Å²) in [6.07, 6.45) is 0. The summed E-state index contributed by atoms with van der Waals surface area (Å²) in [4.78, 5) is 15.5. The second kappa shape index (κ2) is 5.70. The van der Waals surface area contributed by atoms with Gasteiger partial charge in [0, 0.05) is 6.07 Å². The second-order valence-electron chi connectivity index (χ2n) is 4.74. The van der Waals surface area contributed by atoms with Crippen molar-refractivity contribution in [3.8, 4) is 0 Å². The number of aromatic nitrogens is 3. The number of pyridine rings is 1. The Kier molecular flexibility index (Phi) is 3.97. The fourth-order valence-corrected chi connectivity index (χ4v) is 1.75. The van der Waals surface area contributed by atoms with Crippen LogP contribution in [0, 0.1) is 5.82 Å². The van der Waals surface area contributed by atoms with E-state index in [1.54, 1.807) is 0 Å². The highest BCUT2D eigenvalue weighted by molar-refractivity contribution is 5.97. The van der Waals surface area contributed by atoms with E-state index in [-0.39, 0.29) is 23.1 Å². The van der Waals surface area contributed by atoms with Gasteiger partial charge in [-0.1, -0.05) is 13.8 Å². The standard InChI is InChI=1S/C13H15FN6O/c1-6(2)11-7(14)3-4-10(18-11)17-8-5-9(15)19-20-12(8)13(16)21/h3-6H,1-2H3,(H2,16,21)(H3,15,17,18,19). The van der Waals surface area contributed by atoms with E-state index in [4.69, 9.17) is 11.5 Å². The zero-order valence-electron chi connectivity index (χ0n) is 11.6. The molecule has 0 aliphatic heterocycles. The van der Waals surface area contributed by atoms with Crippen molar-refractivity contribution in [1.82, 2.24) is 15.2 Å². The molecule has 5 N–H and O–H groups in total. The maximum Gasteiger partial charge on any atom is 0.271 e. The zero-order valence-corrected chi connectivity index (χ0v) is 11.6. The van der Waals surface area contributed by atoms with Crippen LogP contribution in [0.5, 0.6) is 0 Å². The van der Waals surface area contributed by atoms with Crippen LogP contribution in [0.3, 0.4) is 0 Å².